The van der Waals surface area contributed by atoms with Crippen LogP contribution in [0.1, 0.15) is 6.92 Å². The molecule has 27 heavy (non-hydrogen) atoms. The quantitative estimate of drug-likeness (QED) is 0.497. The number of fused-ring (bicyclic) bond motifs is 1. The van der Waals surface area contributed by atoms with Crippen molar-refractivity contribution in [1.29, 1.82) is 0 Å². The van der Waals surface area contributed by atoms with E-state index < -0.39 is 15.9 Å². The molecule has 0 aliphatic heterocycles. The van der Waals surface area contributed by atoms with Gasteiger partial charge in [0, 0.05) is 23.2 Å². The SMILES string of the molecule is CC(Cn1ccc2c(NS(C)(=O)=O)cccc21)C(=O)Oc1cccc(Cl)c1. The summed E-state index contributed by atoms with van der Waals surface area (Å²) in [6.45, 7) is 2.17. The number of aromatic nitrogens is 1. The summed E-state index contributed by atoms with van der Waals surface area (Å²) >= 11 is 5.90. The van der Waals surface area contributed by atoms with Crippen LogP contribution in [0.2, 0.25) is 5.02 Å². The molecule has 0 radical (unpaired) electrons. The van der Waals surface area contributed by atoms with Gasteiger partial charge in [-0.05, 0) is 36.4 Å². The van der Waals surface area contributed by atoms with Crippen molar-refractivity contribution >= 4 is 44.2 Å². The van der Waals surface area contributed by atoms with Gasteiger partial charge < -0.3 is 9.30 Å². The van der Waals surface area contributed by atoms with Gasteiger partial charge in [-0.25, -0.2) is 8.42 Å². The van der Waals surface area contributed by atoms with E-state index in [2.05, 4.69) is 4.72 Å². The number of nitrogens with one attached hydrogen (secondary N) is 1. The number of nitrogens with zero attached hydrogens (tertiary/aromatic N) is 1. The lowest BCUT2D eigenvalue weighted by molar-refractivity contribution is -0.138. The van der Waals surface area contributed by atoms with E-state index in [4.69, 9.17) is 16.3 Å². The van der Waals surface area contributed by atoms with Gasteiger partial charge in [-0.3, -0.25) is 9.52 Å². The minimum atomic E-state index is -3.38. The zero-order valence-corrected chi connectivity index (χ0v) is 16.4. The van der Waals surface area contributed by atoms with E-state index in [-0.39, 0.29) is 5.97 Å². The molecular formula is C19H19ClN2O4S. The van der Waals surface area contributed by atoms with Crippen molar-refractivity contribution in [2.75, 3.05) is 11.0 Å². The van der Waals surface area contributed by atoms with Crippen LogP contribution in [0.3, 0.4) is 0 Å². The average Bonchev–Trinajstić information content (AvgIpc) is 2.97. The van der Waals surface area contributed by atoms with E-state index in [9.17, 15) is 13.2 Å². The maximum absolute atomic E-state index is 12.4. The Kier molecular flexibility index (Phi) is 5.43. The highest BCUT2D eigenvalue weighted by Crippen LogP contribution is 2.26. The molecule has 142 valence electrons. The molecule has 0 fully saturated rings. The van der Waals surface area contributed by atoms with Gasteiger partial charge in [-0.15, -0.1) is 0 Å². The van der Waals surface area contributed by atoms with Crippen molar-refractivity contribution < 1.29 is 17.9 Å². The van der Waals surface area contributed by atoms with Crippen LogP contribution in [0.4, 0.5) is 5.69 Å². The average molecular weight is 407 g/mol. The Bertz CT molecular complexity index is 1090. The molecule has 0 saturated carbocycles. The van der Waals surface area contributed by atoms with E-state index in [0.717, 1.165) is 17.2 Å². The van der Waals surface area contributed by atoms with Crippen molar-refractivity contribution in [1.82, 2.24) is 4.57 Å². The van der Waals surface area contributed by atoms with Crippen molar-refractivity contribution in [3.8, 4) is 5.75 Å². The lowest BCUT2D eigenvalue weighted by Crippen LogP contribution is -2.22. The van der Waals surface area contributed by atoms with Gasteiger partial charge in [0.25, 0.3) is 0 Å². The highest BCUT2D eigenvalue weighted by atomic mass is 35.5. The van der Waals surface area contributed by atoms with E-state index in [1.807, 2.05) is 22.9 Å². The maximum Gasteiger partial charge on any atom is 0.315 e. The number of sulfonamides is 1. The van der Waals surface area contributed by atoms with Crippen LogP contribution in [0, 0.1) is 5.92 Å². The predicted molar refractivity (Wildman–Crippen MR) is 107 cm³/mol. The molecule has 1 N–H and O–H groups in total. The van der Waals surface area contributed by atoms with Gasteiger partial charge in [-0.1, -0.05) is 30.7 Å². The number of rotatable bonds is 6. The van der Waals surface area contributed by atoms with Crippen LogP contribution in [-0.2, 0) is 21.4 Å². The van der Waals surface area contributed by atoms with Crippen LogP contribution in [0.25, 0.3) is 10.9 Å². The van der Waals surface area contributed by atoms with Gasteiger partial charge in [0.15, 0.2) is 0 Å². The van der Waals surface area contributed by atoms with Crippen molar-refractivity contribution in [3.63, 3.8) is 0 Å². The summed E-state index contributed by atoms with van der Waals surface area (Å²) in [5.74, 6) is -0.382. The lowest BCUT2D eigenvalue weighted by Gasteiger charge is -2.14. The number of carbonyl (C=O) groups is 1. The summed E-state index contributed by atoms with van der Waals surface area (Å²) in [7, 11) is -3.38. The number of benzene rings is 2. The highest BCUT2D eigenvalue weighted by Gasteiger charge is 2.18. The van der Waals surface area contributed by atoms with Gasteiger partial charge in [-0.2, -0.15) is 0 Å². The molecule has 0 aliphatic rings. The Labute approximate surface area is 162 Å². The summed E-state index contributed by atoms with van der Waals surface area (Å²) in [6, 6.07) is 13.8. The second-order valence-electron chi connectivity index (χ2n) is 6.36. The molecule has 1 atom stereocenters. The first kappa shape index (κ1) is 19.3. The van der Waals surface area contributed by atoms with Crippen LogP contribution < -0.4 is 9.46 Å². The first-order valence-corrected chi connectivity index (χ1v) is 10.5. The molecule has 3 aromatic rings. The first-order valence-electron chi connectivity index (χ1n) is 8.26. The molecule has 0 bridgehead atoms. The van der Waals surface area contributed by atoms with Crippen LogP contribution in [0.15, 0.2) is 54.7 Å². The van der Waals surface area contributed by atoms with Gasteiger partial charge >= 0.3 is 5.97 Å². The molecular weight excluding hydrogens is 388 g/mol. The summed E-state index contributed by atoms with van der Waals surface area (Å²) in [4.78, 5) is 12.4. The van der Waals surface area contributed by atoms with Gasteiger partial charge in [0.1, 0.15) is 5.75 Å². The van der Waals surface area contributed by atoms with Gasteiger partial charge in [0.2, 0.25) is 10.0 Å². The third-order valence-electron chi connectivity index (χ3n) is 4.00. The zero-order chi connectivity index (χ0) is 19.6. The third kappa shape index (κ3) is 4.81. The Balaban J connectivity index is 1.78. The molecule has 1 aromatic heterocycles. The highest BCUT2D eigenvalue weighted by molar-refractivity contribution is 7.92. The molecule has 8 heteroatoms. The number of hydrogen-bond donors (Lipinski definition) is 1. The molecule has 0 aliphatic carbocycles. The minimum absolute atomic E-state index is 0.371. The van der Waals surface area contributed by atoms with Gasteiger partial charge in [0.05, 0.1) is 23.4 Å². The second kappa shape index (κ2) is 7.62. The molecule has 3 rings (SSSR count). The molecule has 0 amide bonds. The third-order valence-corrected chi connectivity index (χ3v) is 4.82. The van der Waals surface area contributed by atoms with E-state index in [1.165, 1.54) is 0 Å². The standard InChI is InChI=1S/C19H19ClN2O4S/c1-13(19(23)26-15-6-3-5-14(20)11-15)12-22-10-9-16-17(21-27(2,24)25)7-4-8-18(16)22/h3-11,13,21H,12H2,1-2H3. The molecule has 0 saturated heterocycles. The summed E-state index contributed by atoms with van der Waals surface area (Å²) < 4.78 is 32.8. The summed E-state index contributed by atoms with van der Waals surface area (Å²) in [5, 5.41) is 1.26. The lowest BCUT2D eigenvalue weighted by atomic mass is 10.1. The fourth-order valence-electron chi connectivity index (χ4n) is 2.79. The fourth-order valence-corrected chi connectivity index (χ4v) is 3.55. The fraction of sp³-hybridized carbons (Fsp3) is 0.211. The topological polar surface area (TPSA) is 77.4 Å². The summed E-state index contributed by atoms with van der Waals surface area (Å²) in [6.07, 6.45) is 2.93. The minimum Gasteiger partial charge on any atom is -0.426 e. The zero-order valence-electron chi connectivity index (χ0n) is 14.8. The maximum atomic E-state index is 12.4. The molecule has 6 nitrogen and oxygen atoms in total. The molecule has 1 unspecified atom stereocenters. The largest absolute Gasteiger partial charge is 0.426 e. The van der Waals surface area contributed by atoms with E-state index >= 15 is 0 Å². The number of esters is 1. The molecule has 2 aromatic carbocycles. The number of hydrogen-bond acceptors (Lipinski definition) is 4. The molecule has 0 spiro atoms. The number of anilines is 1. The number of halogens is 1. The van der Waals surface area contributed by atoms with Crippen LogP contribution in [0.5, 0.6) is 5.75 Å². The van der Waals surface area contributed by atoms with E-state index in [0.29, 0.717) is 23.0 Å². The summed E-state index contributed by atoms with van der Waals surface area (Å²) in [5.41, 5.74) is 1.33. The number of carbonyl (C=O) groups excluding carboxylic acids is 1. The predicted octanol–water partition coefficient (Wildman–Crippen LogP) is 3.91. The Morgan fingerprint density at radius 1 is 1.22 bits per heavy atom. The number of ether oxygens (including phenoxy) is 1. The van der Waals surface area contributed by atoms with Crippen molar-refractivity contribution in [2.45, 2.75) is 13.5 Å². The van der Waals surface area contributed by atoms with Crippen LogP contribution >= 0.6 is 11.6 Å². The first-order chi connectivity index (χ1) is 12.7. The monoisotopic (exact) mass is 406 g/mol. The van der Waals surface area contributed by atoms with Crippen molar-refractivity contribution in [2.24, 2.45) is 5.92 Å². The molecule has 1 heterocycles. The smallest absolute Gasteiger partial charge is 0.315 e. The normalized spacial score (nSPS) is 12.7. The Morgan fingerprint density at radius 2 is 1.96 bits per heavy atom. The Morgan fingerprint density at radius 3 is 2.67 bits per heavy atom. The second-order valence-corrected chi connectivity index (χ2v) is 8.55. The van der Waals surface area contributed by atoms with Crippen LogP contribution in [-0.4, -0.2) is 25.2 Å². The Hall–Kier alpha value is -2.51. The van der Waals surface area contributed by atoms with E-state index in [1.54, 1.807) is 43.3 Å². The van der Waals surface area contributed by atoms with Crippen molar-refractivity contribution in [3.05, 3.63) is 59.8 Å².